The number of para-hydroxylation sites is 1. The Balaban J connectivity index is 1.74. The largest absolute Gasteiger partial charge is 0.491 e. The highest BCUT2D eigenvalue weighted by molar-refractivity contribution is 6.30. The number of nitrogens with zero attached hydrogens (tertiary/aromatic N) is 1. The zero-order valence-corrected chi connectivity index (χ0v) is 18.6. The highest BCUT2D eigenvalue weighted by Gasteiger charge is 2.47. The standard InChI is InChI=1S/C24H33ClN2O3/c1-3-27-23(18-8-10-21(25)11-9-18)20(14-24(27,2)17-29)16-26-15-19-6-4-5-7-22(19)30-13-12-28/h4-11,20,23,26,28-29H,3,12-17H2,1-2H3/t20-,23+,24+/m0/s1. The first kappa shape index (κ1) is 23.0. The second-order valence-electron chi connectivity index (χ2n) is 8.21. The van der Waals surface area contributed by atoms with Gasteiger partial charge in [-0.3, -0.25) is 4.90 Å². The number of likely N-dealkylation sites (N-methyl/N-ethyl adjacent to an activating group) is 1. The van der Waals surface area contributed by atoms with Gasteiger partial charge in [0.1, 0.15) is 12.4 Å². The SMILES string of the molecule is CCN1[C@H](c2ccc(Cl)cc2)[C@H](CNCc2ccccc2OCCO)C[C@]1(C)CO. The zero-order valence-electron chi connectivity index (χ0n) is 17.9. The van der Waals surface area contributed by atoms with Crippen LogP contribution in [-0.2, 0) is 6.54 Å². The molecule has 0 spiro atoms. The Bertz CT molecular complexity index is 801. The summed E-state index contributed by atoms with van der Waals surface area (Å²) in [5.41, 5.74) is 2.06. The van der Waals surface area contributed by atoms with E-state index in [1.807, 2.05) is 36.4 Å². The summed E-state index contributed by atoms with van der Waals surface area (Å²) in [7, 11) is 0. The number of aliphatic hydroxyl groups excluding tert-OH is 2. The fourth-order valence-corrected chi connectivity index (χ4v) is 4.88. The van der Waals surface area contributed by atoms with E-state index < -0.39 is 0 Å². The summed E-state index contributed by atoms with van der Waals surface area (Å²) in [5, 5.41) is 23.5. The molecule has 0 unspecified atom stereocenters. The third-order valence-corrected chi connectivity index (χ3v) is 6.37. The number of ether oxygens (including phenoxy) is 1. The van der Waals surface area contributed by atoms with E-state index >= 15 is 0 Å². The minimum Gasteiger partial charge on any atom is -0.491 e. The van der Waals surface area contributed by atoms with Gasteiger partial charge in [0.05, 0.1) is 13.2 Å². The Morgan fingerprint density at radius 2 is 1.90 bits per heavy atom. The molecule has 0 aliphatic carbocycles. The van der Waals surface area contributed by atoms with Gasteiger partial charge in [0.15, 0.2) is 0 Å². The van der Waals surface area contributed by atoms with Gasteiger partial charge >= 0.3 is 0 Å². The molecule has 30 heavy (non-hydrogen) atoms. The third kappa shape index (κ3) is 5.16. The summed E-state index contributed by atoms with van der Waals surface area (Å²) in [4.78, 5) is 2.42. The summed E-state index contributed by atoms with van der Waals surface area (Å²) in [6.45, 7) is 7.12. The molecule has 5 nitrogen and oxygen atoms in total. The number of rotatable bonds is 10. The van der Waals surface area contributed by atoms with Crippen LogP contribution in [0.3, 0.4) is 0 Å². The van der Waals surface area contributed by atoms with Crippen molar-refractivity contribution in [2.45, 2.75) is 38.4 Å². The fourth-order valence-electron chi connectivity index (χ4n) is 4.75. The molecule has 3 atom stereocenters. The van der Waals surface area contributed by atoms with E-state index in [0.717, 1.165) is 35.8 Å². The summed E-state index contributed by atoms with van der Waals surface area (Å²) in [6, 6.07) is 16.2. The third-order valence-electron chi connectivity index (χ3n) is 6.11. The van der Waals surface area contributed by atoms with Gasteiger partial charge < -0.3 is 20.3 Å². The first-order valence-electron chi connectivity index (χ1n) is 10.7. The van der Waals surface area contributed by atoms with E-state index in [4.69, 9.17) is 21.4 Å². The average Bonchev–Trinajstić information content (AvgIpc) is 3.05. The average molecular weight is 433 g/mol. The first-order valence-corrected chi connectivity index (χ1v) is 11.1. The molecule has 0 radical (unpaired) electrons. The lowest BCUT2D eigenvalue weighted by Gasteiger charge is -2.37. The van der Waals surface area contributed by atoms with E-state index in [0.29, 0.717) is 19.1 Å². The molecule has 164 valence electrons. The van der Waals surface area contributed by atoms with Gasteiger partial charge in [-0.1, -0.05) is 48.9 Å². The monoisotopic (exact) mass is 432 g/mol. The van der Waals surface area contributed by atoms with Gasteiger partial charge in [0, 0.05) is 35.3 Å². The summed E-state index contributed by atoms with van der Waals surface area (Å²) < 4.78 is 5.65. The summed E-state index contributed by atoms with van der Waals surface area (Å²) in [5.74, 6) is 1.16. The smallest absolute Gasteiger partial charge is 0.123 e. The number of nitrogens with one attached hydrogen (secondary N) is 1. The summed E-state index contributed by atoms with van der Waals surface area (Å²) >= 11 is 6.12. The Labute approximate surface area is 184 Å². The lowest BCUT2D eigenvalue weighted by molar-refractivity contribution is 0.0579. The molecule has 1 aliphatic heterocycles. The Kier molecular flexibility index (Phi) is 8.14. The Hall–Kier alpha value is -1.63. The number of hydrogen-bond acceptors (Lipinski definition) is 5. The minimum absolute atomic E-state index is 0.000790. The molecule has 3 rings (SSSR count). The molecule has 1 fully saturated rings. The number of benzene rings is 2. The van der Waals surface area contributed by atoms with Crippen LogP contribution in [0.5, 0.6) is 5.75 Å². The van der Waals surface area contributed by atoms with E-state index in [1.165, 1.54) is 5.56 Å². The Morgan fingerprint density at radius 3 is 2.57 bits per heavy atom. The maximum absolute atomic E-state index is 10.2. The van der Waals surface area contributed by atoms with Crippen LogP contribution in [0, 0.1) is 5.92 Å². The quantitative estimate of drug-likeness (QED) is 0.535. The van der Waals surface area contributed by atoms with Crippen molar-refractivity contribution in [3.05, 3.63) is 64.7 Å². The minimum atomic E-state index is -0.243. The van der Waals surface area contributed by atoms with Gasteiger partial charge in [0.2, 0.25) is 0 Å². The molecule has 6 heteroatoms. The highest BCUT2D eigenvalue weighted by atomic mass is 35.5. The van der Waals surface area contributed by atoms with Crippen LogP contribution in [0.15, 0.2) is 48.5 Å². The van der Waals surface area contributed by atoms with Crippen molar-refractivity contribution in [1.29, 1.82) is 0 Å². The van der Waals surface area contributed by atoms with Crippen molar-refractivity contribution in [3.8, 4) is 5.75 Å². The van der Waals surface area contributed by atoms with Crippen molar-refractivity contribution in [3.63, 3.8) is 0 Å². The van der Waals surface area contributed by atoms with Gasteiger partial charge in [-0.15, -0.1) is 0 Å². The number of likely N-dealkylation sites (tertiary alicyclic amines) is 1. The van der Waals surface area contributed by atoms with Gasteiger partial charge in [0.25, 0.3) is 0 Å². The van der Waals surface area contributed by atoms with Crippen LogP contribution in [0.4, 0.5) is 0 Å². The van der Waals surface area contributed by atoms with Crippen molar-refractivity contribution >= 4 is 11.6 Å². The molecule has 0 saturated carbocycles. The van der Waals surface area contributed by atoms with Crippen LogP contribution in [-0.4, -0.2) is 53.6 Å². The number of halogens is 1. The molecule has 0 bridgehead atoms. The molecule has 1 aliphatic rings. The van der Waals surface area contributed by atoms with Crippen LogP contribution in [0.25, 0.3) is 0 Å². The van der Waals surface area contributed by atoms with E-state index in [9.17, 15) is 5.11 Å². The van der Waals surface area contributed by atoms with E-state index in [-0.39, 0.29) is 24.8 Å². The van der Waals surface area contributed by atoms with Crippen LogP contribution in [0.1, 0.15) is 37.4 Å². The molecule has 0 amide bonds. The van der Waals surface area contributed by atoms with E-state index in [1.54, 1.807) is 0 Å². The second-order valence-corrected chi connectivity index (χ2v) is 8.65. The van der Waals surface area contributed by atoms with Crippen LogP contribution in [0.2, 0.25) is 5.02 Å². The van der Waals surface area contributed by atoms with Crippen molar-refractivity contribution in [2.75, 3.05) is 32.9 Å². The first-order chi connectivity index (χ1) is 14.5. The topological polar surface area (TPSA) is 65.0 Å². The second kappa shape index (κ2) is 10.6. The zero-order chi connectivity index (χ0) is 21.6. The highest BCUT2D eigenvalue weighted by Crippen LogP contribution is 2.46. The molecule has 0 aromatic heterocycles. The molecule has 1 heterocycles. The predicted octanol–water partition coefficient (Wildman–Crippen LogP) is 3.63. The lowest BCUT2D eigenvalue weighted by atomic mass is 9.90. The maximum atomic E-state index is 10.2. The molecular formula is C24H33ClN2O3. The van der Waals surface area contributed by atoms with Gasteiger partial charge in [-0.25, -0.2) is 0 Å². The van der Waals surface area contributed by atoms with Crippen LogP contribution < -0.4 is 10.1 Å². The van der Waals surface area contributed by atoms with Crippen molar-refractivity contribution in [1.82, 2.24) is 10.2 Å². The van der Waals surface area contributed by atoms with Crippen molar-refractivity contribution < 1.29 is 14.9 Å². The predicted molar refractivity (Wildman–Crippen MR) is 121 cm³/mol. The number of hydrogen-bond donors (Lipinski definition) is 3. The lowest BCUT2D eigenvalue weighted by Crippen LogP contribution is -2.45. The van der Waals surface area contributed by atoms with Crippen molar-refractivity contribution in [2.24, 2.45) is 5.92 Å². The van der Waals surface area contributed by atoms with Gasteiger partial charge in [-0.2, -0.15) is 0 Å². The molecule has 1 saturated heterocycles. The summed E-state index contributed by atoms with van der Waals surface area (Å²) in [6.07, 6.45) is 0.917. The van der Waals surface area contributed by atoms with E-state index in [2.05, 4.69) is 36.2 Å². The molecule has 3 N–H and O–H groups in total. The molecular weight excluding hydrogens is 400 g/mol. The normalized spacial score (nSPS) is 24.3. The Morgan fingerprint density at radius 1 is 1.17 bits per heavy atom. The molecule has 2 aromatic carbocycles. The molecule has 2 aromatic rings. The maximum Gasteiger partial charge on any atom is 0.123 e. The fraction of sp³-hybridized carbons (Fsp3) is 0.500. The van der Waals surface area contributed by atoms with Crippen LogP contribution >= 0.6 is 11.6 Å². The van der Waals surface area contributed by atoms with Gasteiger partial charge in [-0.05, 0) is 49.6 Å². The number of aliphatic hydroxyl groups is 2.